The number of ether oxygens (including phenoxy) is 1. The molecule has 0 aromatic rings. The largest absolute Gasteiger partial charge is 0.414 e. The summed E-state index contributed by atoms with van der Waals surface area (Å²) >= 11 is 0. The van der Waals surface area contributed by atoms with E-state index in [-0.39, 0.29) is 16.7 Å². The van der Waals surface area contributed by atoms with Crippen LogP contribution in [0, 0.1) is 0 Å². The van der Waals surface area contributed by atoms with E-state index < -0.39 is 51.2 Å². The molecule has 1 heterocycles. The minimum absolute atomic E-state index is 0.116. The molecule has 0 radical (unpaired) electrons. The molecule has 0 bridgehead atoms. The number of hydrogen-bond acceptors (Lipinski definition) is 6. The van der Waals surface area contributed by atoms with Gasteiger partial charge < -0.3 is 13.6 Å². The third-order valence-corrected chi connectivity index (χ3v) is 15.7. The molecule has 0 aliphatic carbocycles. The van der Waals surface area contributed by atoms with Crippen molar-refractivity contribution >= 4 is 26.8 Å². The van der Waals surface area contributed by atoms with Crippen molar-refractivity contribution in [2.45, 2.75) is 102 Å². The average molecular weight is 477 g/mol. The van der Waals surface area contributed by atoms with E-state index in [1.165, 1.54) is 0 Å². The first-order chi connectivity index (χ1) is 12.5. The number of alkyl halides is 2. The minimum Gasteiger partial charge on any atom is -0.414 e. The summed E-state index contributed by atoms with van der Waals surface area (Å²) in [6, 6.07) is 0. The van der Waals surface area contributed by atoms with Crippen molar-refractivity contribution in [1.29, 1.82) is 0 Å². The maximum Gasteiger partial charge on any atom is 0.325 e. The Balaban J connectivity index is 3.21. The van der Waals surface area contributed by atoms with Gasteiger partial charge in [0.1, 0.15) is 12.2 Å². The van der Waals surface area contributed by atoms with E-state index in [4.69, 9.17) is 13.6 Å². The van der Waals surface area contributed by atoms with Crippen molar-refractivity contribution in [1.82, 2.24) is 0 Å². The van der Waals surface area contributed by atoms with Crippen LogP contribution in [-0.2, 0) is 27.9 Å². The maximum atomic E-state index is 15.2. The van der Waals surface area contributed by atoms with Crippen LogP contribution in [0.25, 0.3) is 0 Å². The fourth-order valence-electron chi connectivity index (χ4n) is 2.23. The van der Waals surface area contributed by atoms with E-state index in [1.54, 1.807) is 0 Å². The lowest BCUT2D eigenvalue weighted by Crippen LogP contribution is -2.53. The van der Waals surface area contributed by atoms with Crippen LogP contribution in [0.15, 0.2) is 0 Å². The topological polar surface area (TPSA) is 71.1 Å². The van der Waals surface area contributed by atoms with E-state index in [0.29, 0.717) is 0 Å². The Bertz CT molecular complexity index is 683. The van der Waals surface area contributed by atoms with Gasteiger partial charge in [0.05, 0.1) is 12.9 Å². The van der Waals surface area contributed by atoms with Crippen molar-refractivity contribution in [3.05, 3.63) is 0 Å². The highest BCUT2D eigenvalue weighted by molar-refractivity contribution is 7.86. The van der Waals surface area contributed by atoms with E-state index >= 15 is 8.78 Å². The van der Waals surface area contributed by atoms with Gasteiger partial charge in [-0.25, -0.2) is 4.18 Å². The zero-order valence-corrected chi connectivity index (χ0v) is 22.4. The first-order valence-electron chi connectivity index (χ1n) is 9.74. The number of halogens is 2. The zero-order chi connectivity index (χ0) is 23.3. The van der Waals surface area contributed by atoms with Gasteiger partial charge in [0, 0.05) is 0 Å². The Morgan fingerprint density at radius 3 is 1.79 bits per heavy atom. The lowest BCUT2D eigenvalue weighted by molar-refractivity contribution is -0.181. The van der Waals surface area contributed by atoms with Crippen LogP contribution < -0.4 is 0 Å². The van der Waals surface area contributed by atoms with Gasteiger partial charge in [-0.1, -0.05) is 41.5 Å². The summed E-state index contributed by atoms with van der Waals surface area (Å²) in [6.07, 6.45) is -4.31. The van der Waals surface area contributed by atoms with Gasteiger partial charge >= 0.3 is 5.92 Å². The predicted molar refractivity (Wildman–Crippen MR) is 115 cm³/mol. The summed E-state index contributed by atoms with van der Waals surface area (Å²) < 4.78 is 75.4. The van der Waals surface area contributed by atoms with Gasteiger partial charge in [-0.3, -0.25) is 0 Å². The smallest absolute Gasteiger partial charge is 0.325 e. The highest BCUT2D eigenvalue weighted by Crippen LogP contribution is 2.46. The van der Waals surface area contributed by atoms with Crippen LogP contribution in [0.5, 0.6) is 0 Å². The molecule has 0 N–H and O–H groups in total. The molecule has 29 heavy (non-hydrogen) atoms. The second-order valence-electron chi connectivity index (χ2n) is 10.9. The second kappa shape index (κ2) is 8.21. The summed E-state index contributed by atoms with van der Waals surface area (Å²) in [5.74, 6) is -3.64. The van der Waals surface area contributed by atoms with Crippen molar-refractivity contribution in [2.75, 3.05) is 12.9 Å². The van der Waals surface area contributed by atoms with Gasteiger partial charge in [-0.15, -0.1) is 0 Å². The first-order valence-corrected chi connectivity index (χ1v) is 17.4. The molecule has 6 nitrogen and oxygen atoms in total. The molecule has 1 aliphatic heterocycles. The molecule has 1 aliphatic rings. The highest BCUT2D eigenvalue weighted by atomic mass is 32.2. The number of rotatable bonds is 7. The standard InChI is InChI=1S/C18H38F2O6SSi2/c1-16(2,3)28(8,9)23-12-13-14(26-29(10,11)17(4,5)6)18(19,20)15(24-13)25-27(7,21)22/h13-15H,12H2,1-11H3/t13-,14-,15?/m1/s1. The van der Waals surface area contributed by atoms with Crippen LogP contribution in [0.2, 0.25) is 36.3 Å². The van der Waals surface area contributed by atoms with E-state index in [9.17, 15) is 8.42 Å². The Kier molecular flexibility index (Phi) is 7.68. The molecule has 0 aromatic heterocycles. The van der Waals surface area contributed by atoms with E-state index in [2.05, 4.69) is 4.18 Å². The molecular formula is C18H38F2O6SSi2. The molecule has 1 fully saturated rings. The Morgan fingerprint density at radius 2 is 1.41 bits per heavy atom. The van der Waals surface area contributed by atoms with Gasteiger partial charge in [-0.2, -0.15) is 17.2 Å². The Morgan fingerprint density at radius 1 is 0.966 bits per heavy atom. The van der Waals surface area contributed by atoms with E-state index in [0.717, 1.165) is 6.26 Å². The third kappa shape index (κ3) is 6.53. The summed E-state index contributed by atoms with van der Waals surface area (Å²) in [7, 11) is -9.00. The quantitative estimate of drug-likeness (QED) is 0.391. The number of hydrogen-bond donors (Lipinski definition) is 0. The van der Waals surface area contributed by atoms with Crippen LogP contribution in [-0.4, -0.2) is 62.3 Å². The normalized spacial score (nSPS) is 26.7. The lowest BCUT2D eigenvalue weighted by Gasteiger charge is -2.41. The zero-order valence-electron chi connectivity index (χ0n) is 19.6. The lowest BCUT2D eigenvalue weighted by atomic mass is 10.1. The SMILES string of the molecule is CC(C)(C)[Si](C)(C)OC[C@H]1OC(OS(C)(=O)=O)C(F)(F)[C@@H]1O[Si](C)(C)C(C)(C)C. The first kappa shape index (κ1) is 27.1. The fraction of sp³-hybridized carbons (Fsp3) is 1.00. The molecule has 11 heteroatoms. The summed E-state index contributed by atoms with van der Waals surface area (Å²) in [6.45, 7) is 19.6. The van der Waals surface area contributed by atoms with E-state index in [1.807, 2.05) is 67.7 Å². The van der Waals surface area contributed by atoms with Crippen LogP contribution in [0.3, 0.4) is 0 Å². The van der Waals surface area contributed by atoms with Crippen molar-refractivity contribution in [3.8, 4) is 0 Å². The molecular weight excluding hydrogens is 438 g/mol. The molecule has 0 spiro atoms. The van der Waals surface area contributed by atoms with Crippen molar-refractivity contribution < 1.29 is 35.0 Å². The molecule has 1 unspecified atom stereocenters. The molecule has 0 aromatic carbocycles. The third-order valence-electron chi connectivity index (χ3n) is 6.23. The summed E-state index contributed by atoms with van der Waals surface area (Å²) in [5, 5.41) is -0.434. The van der Waals surface area contributed by atoms with Crippen LogP contribution in [0.1, 0.15) is 41.5 Å². The minimum atomic E-state index is -4.15. The summed E-state index contributed by atoms with van der Waals surface area (Å²) in [4.78, 5) is 0. The molecule has 0 amide bonds. The van der Waals surface area contributed by atoms with Gasteiger partial charge in [-0.05, 0) is 36.3 Å². The monoisotopic (exact) mass is 476 g/mol. The molecule has 174 valence electrons. The van der Waals surface area contributed by atoms with Crippen LogP contribution >= 0.6 is 0 Å². The van der Waals surface area contributed by atoms with Crippen molar-refractivity contribution in [3.63, 3.8) is 0 Å². The van der Waals surface area contributed by atoms with Gasteiger partial charge in [0.2, 0.25) is 6.29 Å². The van der Waals surface area contributed by atoms with Gasteiger partial charge in [0.15, 0.2) is 16.6 Å². The molecule has 0 saturated carbocycles. The van der Waals surface area contributed by atoms with Crippen LogP contribution in [0.4, 0.5) is 8.78 Å². The fourth-order valence-corrected chi connectivity index (χ4v) is 5.03. The molecule has 3 atom stereocenters. The Labute approximate surface area is 177 Å². The van der Waals surface area contributed by atoms with Gasteiger partial charge in [0.25, 0.3) is 10.1 Å². The molecule has 1 rings (SSSR count). The average Bonchev–Trinajstić information content (AvgIpc) is 2.64. The predicted octanol–water partition coefficient (Wildman–Crippen LogP) is 4.74. The summed E-state index contributed by atoms with van der Waals surface area (Å²) in [5.41, 5.74) is 0. The highest BCUT2D eigenvalue weighted by Gasteiger charge is 2.63. The van der Waals surface area contributed by atoms with Crippen molar-refractivity contribution in [2.24, 2.45) is 0 Å². The Hall–Kier alpha value is 0.0838. The maximum absolute atomic E-state index is 15.2. The second-order valence-corrected chi connectivity index (χ2v) is 22.0. The molecule has 1 saturated heterocycles.